The zero-order valence-electron chi connectivity index (χ0n) is 10.7. The lowest BCUT2D eigenvalue weighted by molar-refractivity contribution is 0.0696. The van der Waals surface area contributed by atoms with Crippen molar-refractivity contribution in [1.29, 1.82) is 0 Å². The molecule has 0 saturated heterocycles. The largest absolute Gasteiger partial charge is 0.476 e. The summed E-state index contributed by atoms with van der Waals surface area (Å²) in [6.45, 7) is 4.02. The Morgan fingerprint density at radius 3 is 3.11 bits per heavy atom. The van der Waals surface area contributed by atoms with E-state index in [4.69, 9.17) is 5.11 Å². The molecule has 2 rings (SSSR count). The number of nitrogens with zero attached hydrogens (tertiary/aromatic N) is 1. The van der Waals surface area contributed by atoms with E-state index in [1.165, 1.54) is 37.0 Å². The van der Waals surface area contributed by atoms with Crippen LogP contribution in [0.1, 0.15) is 48.1 Å². The summed E-state index contributed by atoms with van der Waals surface area (Å²) in [7, 11) is 0. The number of thiazole rings is 1. The molecular weight excluding hydrogens is 248 g/mol. The first kappa shape index (κ1) is 13.5. The standard InChI is InChI=1S/C13H20N2O2S/c1-9-3-2-4-10(5-9)6-14-7-11-8-18-12(15-11)13(16)17/h8-10,14H,2-7H2,1H3,(H,16,17). The summed E-state index contributed by atoms with van der Waals surface area (Å²) in [5.74, 6) is 0.683. The Bertz CT molecular complexity index is 405. The third-order valence-electron chi connectivity index (χ3n) is 3.52. The third-order valence-corrected chi connectivity index (χ3v) is 4.40. The first-order valence-electron chi connectivity index (χ1n) is 6.53. The number of nitrogens with one attached hydrogen (secondary N) is 1. The van der Waals surface area contributed by atoms with Crippen LogP contribution in [0.4, 0.5) is 0 Å². The summed E-state index contributed by atoms with van der Waals surface area (Å²) in [5, 5.41) is 14.2. The molecule has 0 aromatic carbocycles. The van der Waals surface area contributed by atoms with E-state index < -0.39 is 5.97 Å². The van der Waals surface area contributed by atoms with E-state index in [1.807, 2.05) is 5.38 Å². The van der Waals surface area contributed by atoms with Crippen LogP contribution in [0, 0.1) is 11.8 Å². The van der Waals surface area contributed by atoms with Crippen LogP contribution < -0.4 is 5.32 Å². The van der Waals surface area contributed by atoms with E-state index in [2.05, 4.69) is 17.2 Å². The first-order valence-corrected chi connectivity index (χ1v) is 7.41. The Hall–Kier alpha value is -0.940. The van der Waals surface area contributed by atoms with Gasteiger partial charge in [0.1, 0.15) is 0 Å². The summed E-state index contributed by atoms with van der Waals surface area (Å²) >= 11 is 1.19. The van der Waals surface area contributed by atoms with Gasteiger partial charge in [0.25, 0.3) is 0 Å². The van der Waals surface area contributed by atoms with Crippen LogP contribution in [0.25, 0.3) is 0 Å². The number of rotatable bonds is 5. The van der Waals surface area contributed by atoms with Gasteiger partial charge in [-0.3, -0.25) is 0 Å². The average molecular weight is 268 g/mol. The summed E-state index contributed by atoms with van der Waals surface area (Å²) < 4.78 is 0. The molecule has 2 atom stereocenters. The first-order chi connectivity index (χ1) is 8.65. The molecule has 4 nitrogen and oxygen atoms in total. The minimum atomic E-state index is -0.938. The van der Waals surface area contributed by atoms with Crippen molar-refractivity contribution in [3.05, 3.63) is 16.1 Å². The summed E-state index contributed by atoms with van der Waals surface area (Å²) in [4.78, 5) is 14.8. The van der Waals surface area contributed by atoms with E-state index in [9.17, 15) is 4.79 Å². The van der Waals surface area contributed by atoms with Crippen molar-refractivity contribution < 1.29 is 9.90 Å². The molecule has 2 unspecified atom stereocenters. The van der Waals surface area contributed by atoms with Crippen molar-refractivity contribution >= 4 is 17.3 Å². The van der Waals surface area contributed by atoms with Crippen molar-refractivity contribution in [1.82, 2.24) is 10.3 Å². The van der Waals surface area contributed by atoms with E-state index in [-0.39, 0.29) is 5.01 Å². The van der Waals surface area contributed by atoms with Gasteiger partial charge in [0.2, 0.25) is 5.01 Å². The lowest BCUT2D eigenvalue weighted by Crippen LogP contribution is -2.26. The maximum absolute atomic E-state index is 10.7. The van der Waals surface area contributed by atoms with Gasteiger partial charge in [0, 0.05) is 11.9 Å². The van der Waals surface area contributed by atoms with Crippen molar-refractivity contribution in [2.24, 2.45) is 11.8 Å². The highest BCUT2D eigenvalue weighted by molar-refractivity contribution is 7.11. The molecule has 0 bridgehead atoms. The van der Waals surface area contributed by atoms with Gasteiger partial charge >= 0.3 is 5.97 Å². The van der Waals surface area contributed by atoms with E-state index in [1.54, 1.807) is 0 Å². The number of carboxylic acids is 1. The van der Waals surface area contributed by atoms with Gasteiger partial charge in [-0.2, -0.15) is 0 Å². The minimum Gasteiger partial charge on any atom is -0.476 e. The van der Waals surface area contributed by atoms with Crippen LogP contribution in [0.3, 0.4) is 0 Å². The van der Waals surface area contributed by atoms with Gasteiger partial charge in [0.05, 0.1) is 5.69 Å². The summed E-state index contributed by atoms with van der Waals surface area (Å²) in [6, 6.07) is 0. The monoisotopic (exact) mass is 268 g/mol. The fourth-order valence-corrected chi connectivity index (χ4v) is 3.29. The summed E-state index contributed by atoms with van der Waals surface area (Å²) in [5.41, 5.74) is 0.834. The van der Waals surface area contributed by atoms with E-state index >= 15 is 0 Å². The Morgan fingerprint density at radius 2 is 2.44 bits per heavy atom. The normalized spacial score (nSPS) is 24.1. The van der Waals surface area contributed by atoms with Crippen LogP contribution in [0.15, 0.2) is 5.38 Å². The van der Waals surface area contributed by atoms with Crippen molar-refractivity contribution in [3.8, 4) is 0 Å². The quantitative estimate of drug-likeness (QED) is 0.862. The molecule has 0 amide bonds. The second-order valence-corrected chi connectivity index (χ2v) is 6.08. The van der Waals surface area contributed by atoms with Crippen LogP contribution in [0.2, 0.25) is 0 Å². The zero-order chi connectivity index (χ0) is 13.0. The van der Waals surface area contributed by atoms with Crippen LogP contribution >= 0.6 is 11.3 Å². The zero-order valence-corrected chi connectivity index (χ0v) is 11.5. The lowest BCUT2D eigenvalue weighted by atomic mass is 9.82. The van der Waals surface area contributed by atoms with Gasteiger partial charge in [-0.25, -0.2) is 9.78 Å². The van der Waals surface area contributed by atoms with Crippen LogP contribution in [-0.2, 0) is 6.54 Å². The fourth-order valence-electron chi connectivity index (χ4n) is 2.64. The Kier molecular flexibility index (Phi) is 4.72. The maximum atomic E-state index is 10.7. The van der Waals surface area contributed by atoms with E-state index in [0.717, 1.165) is 24.1 Å². The number of carbonyl (C=O) groups is 1. The molecule has 1 aliphatic carbocycles. The van der Waals surface area contributed by atoms with Gasteiger partial charge in [0.15, 0.2) is 0 Å². The van der Waals surface area contributed by atoms with E-state index in [0.29, 0.717) is 6.54 Å². The molecule has 18 heavy (non-hydrogen) atoms. The lowest BCUT2D eigenvalue weighted by Gasteiger charge is -2.26. The number of hydrogen-bond acceptors (Lipinski definition) is 4. The number of carboxylic acid groups (broad SMARTS) is 1. The van der Waals surface area contributed by atoms with Crippen molar-refractivity contribution in [2.45, 2.75) is 39.2 Å². The third kappa shape index (κ3) is 3.78. The van der Waals surface area contributed by atoms with Gasteiger partial charge < -0.3 is 10.4 Å². The van der Waals surface area contributed by atoms with Gasteiger partial charge in [-0.15, -0.1) is 11.3 Å². The van der Waals surface area contributed by atoms with Crippen molar-refractivity contribution in [3.63, 3.8) is 0 Å². The maximum Gasteiger partial charge on any atom is 0.365 e. The molecule has 1 fully saturated rings. The highest BCUT2D eigenvalue weighted by Crippen LogP contribution is 2.27. The van der Waals surface area contributed by atoms with Crippen molar-refractivity contribution in [2.75, 3.05) is 6.54 Å². The fraction of sp³-hybridized carbons (Fsp3) is 0.692. The number of aromatic nitrogens is 1. The Morgan fingerprint density at radius 1 is 1.61 bits per heavy atom. The minimum absolute atomic E-state index is 0.179. The molecule has 0 spiro atoms. The SMILES string of the molecule is CC1CCCC(CNCc2csc(C(=O)O)n2)C1. The molecule has 1 aromatic rings. The van der Waals surface area contributed by atoms with Crippen LogP contribution in [-0.4, -0.2) is 22.6 Å². The Balaban J connectivity index is 1.72. The molecule has 1 aromatic heterocycles. The summed E-state index contributed by atoms with van der Waals surface area (Å²) in [6.07, 6.45) is 5.33. The molecule has 0 radical (unpaired) electrons. The van der Waals surface area contributed by atoms with Crippen LogP contribution in [0.5, 0.6) is 0 Å². The molecule has 2 N–H and O–H groups in total. The highest BCUT2D eigenvalue weighted by atomic mass is 32.1. The predicted molar refractivity (Wildman–Crippen MR) is 71.9 cm³/mol. The second kappa shape index (κ2) is 6.29. The molecule has 1 aliphatic rings. The Labute approximate surface area is 111 Å². The number of hydrogen-bond donors (Lipinski definition) is 2. The highest BCUT2D eigenvalue weighted by Gasteiger charge is 2.18. The van der Waals surface area contributed by atoms with Gasteiger partial charge in [-0.1, -0.05) is 19.8 Å². The van der Waals surface area contributed by atoms with Gasteiger partial charge in [-0.05, 0) is 31.2 Å². The second-order valence-electron chi connectivity index (χ2n) is 5.22. The predicted octanol–water partition coefficient (Wildman–Crippen LogP) is 2.76. The molecular formula is C13H20N2O2S. The average Bonchev–Trinajstić information content (AvgIpc) is 2.78. The molecule has 1 heterocycles. The number of aromatic carboxylic acids is 1. The smallest absolute Gasteiger partial charge is 0.365 e. The molecule has 1 saturated carbocycles. The topological polar surface area (TPSA) is 62.2 Å². The molecule has 0 aliphatic heterocycles. The molecule has 100 valence electrons. The molecule has 5 heteroatoms.